The lowest BCUT2D eigenvalue weighted by molar-refractivity contribution is 0.282. The Balaban J connectivity index is 1.72. The summed E-state index contributed by atoms with van der Waals surface area (Å²) in [5.74, 6) is 0.829. The highest BCUT2D eigenvalue weighted by atomic mass is 79.9. The topological polar surface area (TPSA) is 67.3 Å². The number of imidazole rings is 1. The molecule has 2 aromatic heterocycles. The lowest BCUT2D eigenvalue weighted by atomic mass is 10.0. The Morgan fingerprint density at radius 1 is 1.03 bits per heavy atom. The largest absolute Gasteiger partial charge is 0.396 e. The molecule has 7 heteroatoms. The van der Waals surface area contributed by atoms with E-state index in [0.717, 1.165) is 70.7 Å². The van der Waals surface area contributed by atoms with Crippen LogP contribution in [0.2, 0.25) is 0 Å². The molecule has 2 heterocycles. The number of halogens is 1. The van der Waals surface area contributed by atoms with Crippen LogP contribution in [0.15, 0.2) is 64.1 Å². The van der Waals surface area contributed by atoms with Gasteiger partial charge in [0, 0.05) is 47.0 Å². The van der Waals surface area contributed by atoms with Gasteiger partial charge < -0.3 is 19.1 Å². The van der Waals surface area contributed by atoms with Crippen LogP contribution in [0.5, 0.6) is 0 Å². The molecule has 4 aromatic rings. The fraction of sp³-hybridized carbons (Fsp3) is 0.333. The molecule has 2 aromatic carbocycles. The SMILES string of the molecule is Cc1ccc(-c2c(C)noc2C)cc1N(CCCCCCO)c1ccc(-n2ccnc2)c(Br)c1. The fourth-order valence-corrected chi connectivity index (χ4v) is 4.92. The van der Waals surface area contributed by atoms with Gasteiger partial charge in [-0.1, -0.05) is 30.1 Å². The van der Waals surface area contributed by atoms with E-state index in [1.54, 1.807) is 12.5 Å². The standard InChI is InChI=1S/C27H31BrN4O2/c1-19-8-9-22(27-20(2)30-34-21(27)3)16-26(19)32(13-6-4-5-7-15-33)23-10-11-25(24(28)17-23)31-14-12-29-18-31/h8-12,14,16-18,33H,4-7,13,15H2,1-3H3. The van der Waals surface area contributed by atoms with Crippen molar-refractivity contribution in [3.8, 4) is 16.8 Å². The number of aliphatic hydroxyl groups is 1. The summed E-state index contributed by atoms with van der Waals surface area (Å²) >= 11 is 3.77. The van der Waals surface area contributed by atoms with E-state index < -0.39 is 0 Å². The van der Waals surface area contributed by atoms with Crippen molar-refractivity contribution in [2.75, 3.05) is 18.1 Å². The van der Waals surface area contributed by atoms with Gasteiger partial charge >= 0.3 is 0 Å². The molecular weight excluding hydrogens is 492 g/mol. The van der Waals surface area contributed by atoms with E-state index in [1.807, 2.05) is 24.6 Å². The lowest BCUT2D eigenvalue weighted by Gasteiger charge is -2.28. The average molecular weight is 523 g/mol. The first-order valence-electron chi connectivity index (χ1n) is 11.7. The number of hydrogen-bond donors (Lipinski definition) is 1. The van der Waals surface area contributed by atoms with Gasteiger partial charge in [-0.05, 0) is 84.9 Å². The molecule has 0 amide bonds. The third kappa shape index (κ3) is 5.26. The minimum absolute atomic E-state index is 0.255. The molecule has 0 saturated heterocycles. The minimum atomic E-state index is 0.255. The number of benzene rings is 2. The normalized spacial score (nSPS) is 11.2. The van der Waals surface area contributed by atoms with E-state index in [0.29, 0.717) is 0 Å². The quantitative estimate of drug-likeness (QED) is 0.229. The second kappa shape index (κ2) is 11.0. The summed E-state index contributed by atoms with van der Waals surface area (Å²) in [7, 11) is 0. The number of nitrogens with zero attached hydrogens (tertiary/aromatic N) is 4. The van der Waals surface area contributed by atoms with Crippen molar-refractivity contribution >= 4 is 27.3 Å². The maximum Gasteiger partial charge on any atom is 0.141 e. The molecule has 0 aliphatic carbocycles. The van der Waals surface area contributed by atoms with Crippen molar-refractivity contribution in [3.63, 3.8) is 0 Å². The van der Waals surface area contributed by atoms with E-state index >= 15 is 0 Å². The molecule has 6 nitrogen and oxygen atoms in total. The average Bonchev–Trinajstić information content (AvgIpc) is 3.47. The van der Waals surface area contributed by atoms with Crippen LogP contribution in [0.3, 0.4) is 0 Å². The van der Waals surface area contributed by atoms with Gasteiger partial charge in [-0.15, -0.1) is 0 Å². The van der Waals surface area contributed by atoms with Crippen molar-refractivity contribution in [2.45, 2.75) is 46.5 Å². The van der Waals surface area contributed by atoms with Crippen LogP contribution in [-0.4, -0.2) is 33.0 Å². The Bertz CT molecular complexity index is 1210. The van der Waals surface area contributed by atoms with Gasteiger partial charge in [-0.3, -0.25) is 0 Å². The maximum absolute atomic E-state index is 9.13. The van der Waals surface area contributed by atoms with Crippen molar-refractivity contribution in [3.05, 3.63) is 76.6 Å². The Kier molecular flexibility index (Phi) is 7.85. The summed E-state index contributed by atoms with van der Waals surface area (Å²) in [4.78, 5) is 6.56. The molecule has 0 spiro atoms. The van der Waals surface area contributed by atoms with Crippen LogP contribution in [0.25, 0.3) is 16.8 Å². The van der Waals surface area contributed by atoms with E-state index in [2.05, 4.69) is 74.3 Å². The summed E-state index contributed by atoms with van der Waals surface area (Å²) in [6.45, 7) is 7.23. The maximum atomic E-state index is 9.13. The fourth-order valence-electron chi connectivity index (χ4n) is 4.35. The zero-order chi connectivity index (χ0) is 24.1. The first-order chi connectivity index (χ1) is 16.5. The van der Waals surface area contributed by atoms with Crippen LogP contribution >= 0.6 is 15.9 Å². The molecule has 0 fully saturated rings. The molecule has 178 valence electrons. The molecule has 1 N–H and O–H groups in total. The summed E-state index contributed by atoms with van der Waals surface area (Å²) in [6.07, 6.45) is 9.52. The molecular formula is C27H31BrN4O2. The highest BCUT2D eigenvalue weighted by Crippen LogP contribution is 2.37. The van der Waals surface area contributed by atoms with Crippen molar-refractivity contribution in [1.82, 2.24) is 14.7 Å². The van der Waals surface area contributed by atoms with Crippen LogP contribution in [0.4, 0.5) is 11.4 Å². The number of anilines is 2. The predicted molar refractivity (Wildman–Crippen MR) is 140 cm³/mol. The Labute approximate surface area is 209 Å². The van der Waals surface area contributed by atoms with E-state index in [1.165, 1.54) is 11.3 Å². The van der Waals surface area contributed by atoms with Gasteiger partial charge in [0.2, 0.25) is 0 Å². The number of aliphatic hydroxyl groups excluding tert-OH is 1. The van der Waals surface area contributed by atoms with Gasteiger partial charge in [-0.2, -0.15) is 0 Å². The van der Waals surface area contributed by atoms with Gasteiger partial charge in [-0.25, -0.2) is 4.98 Å². The smallest absolute Gasteiger partial charge is 0.141 e. The number of hydrogen-bond acceptors (Lipinski definition) is 5. The van der Waals surface area contributed by atoms with Crippen molar-refractivity contribution in [2.24, 2.45) is 0 Å². The second-order valence-electron chi connectivity index (χ2n) is 8.60. The molecule has 0 unspecified atom stereocenters. The van der Waals surface area contributed by atoms with Crippen LogP contribution in [-0.2, 0) is 0 Å². The number of rotatable bonds is 10. The zero-order valence-corrected chi connectivity index (χ0v) is 21.5. The first-order valence-corrected chi connectivity index (χ1v) is 12.5. The van der Waals surface area contributed by atoms with E-state index in [4.69, 9.17) is 9.63 Å². The molecule has 0 bridgehead atoms. The monoisotopic (exact) mass is 522 g/mol. The molecule has 4 rings (SSSR count). The van der Waals surface area contributed by atoms with Crippen LogP contribution < -0.4 is 4.90 Å². The highest BCUT2D eigenvalue weighted by molar-refractivity contribution is 9.10. The third-order valence-corrected chi connectivity index (χ3v) is 6.77. The van der Waals surface area contributed by atoms with Crippen molar-refractivity contribution in [1.29, 1.82) is 0 Å². The Hall–Kier alpha value is -2.90. The van der Waals surface area contributed by atoms with Crippen molar-refractivity contribution < 1.29 is 9.63 Å². The predicted octanol–water partition coefficient (Wildman–Crippen LogP) is 6.91. The molecule has 0 radical (unpaired) electrons. The summed E-state index contributed by atoms with van der Waals surface area (Å²) in [5, 5.41) is 13.3. The lowest BCUT2D eigenvalue weighted by Crippen LogP contribution is -2.20. The van der Waals surface area contributed by atoms with Gasteiger partial charge in [0.15, 0.2) is 0 Å². The Morgan fingerprint density at radius 2 is 1.85 bits per heavy atom. The number of aromatic nitrogens is 3. The second-order valence-corrected chi connectivity index (χ2v) is 9.45. The summed E-state index contributed by atoms with van der Waals surface area (Å²) in [5.41, 5.74) is 7.61. The molecule has 0 aliphatic heterocycles. The van der Waals surface area contributed by atoms with Gasteiger partial charge in [0.05, 0.1) is 17.7 Å². The van der Waals surface area contributed by atoms with Gasteiger partial charge in [0.1, 0.15) is 5.76 Å². The molecule has 0 aliphatic rings. The Morgan fingerprint density at radius 3 is 2.53 bits per heavy atom. The molecule has 34 heavy (non-hydrogen) atoms. The van der Waals surface area contributed by atoms with Crippen LogP contribution in [0.1, 0.15) is 42.7 Å². The van der Waals surface area contributed by atoms with Gasteiger partial charge in [0.25, 0.3) is 0 Å². The summed E-state index contributed by atoms with van der Waals surface area (Å²) < 4.78 is 8.44. The van der Waals surface area contributed by atoms with Crippen LogP contribution in [0, 0.1) is 20.8 Å². The highest BCUT2D eigenvalue weighted by Gasteiger charge is 2.18. The third-order valence-electron chi connectivity index (χ3n) is 6.14. The van der Waals surface area contributed by atoms with E-state index in [9.17, 15) is 0 Å². The minimum Gasteiger partial charge on any atom is -0.396 e. The first kappa shape index (κ1) is 24.2. The van der Waals surface area contributed by atoms with E-state index in [-0.39, 0.29) is 6.61 Å². The molecule has 0 saturated carbocycles. The molecule has 0 atom stereocenters. The summed E-state index contributed by atoms with van der Waals surface area (Å²) in [6, 6.07) is 13.0. The number of unbranched alkanes of at least 4 members (excludes halogenated alkanes) is 3. The number of aryl methyl sites for hydroxylation is 3. The zero-order valence-electron chi connectivity index (χ0n) is 20.0.